The number of hydrogen-bond acceptors (Lipinski definition) is 2. The molecule has 0 radical (unpaired) electrons. The predicted molar refractivity (Wildman–Crippen MR) is 69.2 cm³/mol. The lowest BCUT2D eigenvalue weighted by atomic mass is 10.1. The number of nitrogens with zero attached hydrogens (tertiary/aromatic N) is 1. The van der Waals surface area contributed by atoms with E-state index in [0.29, 0.717) is 26.3 Å². The zero-order valence-corrected chi connectivity index (χ0v) is 11.2. The van der Waals surface area contributed by atoms with Crippen molar-refractivity contribution in [3.8, 4) is 0 Å². The average Bonchev–Trinajstić information content (AvgIpc) is 2.41. The van der Waals surface area contributed by atoms with Crippen molar-refractivity contribution < 1.29 is 13.9 Å². The lowest BCUT2D eigenvalue weighted by Gasteiger charge is -2.27. The highest BCUT2D eigenvalue weighted by Crippen LogP contribution is 2.13. The molecule has 1 aromatic rings. The molecule has 1 fully saturated rings. The molecule has 0 saturated carbocycles. The van der Waals surface area contributed by atoms with Crippen LogP contribution in [0.4, 0.5) is 4.39 Å². The second kappa shape index (κ2) is 7.11. The van der Waals surface area contributed by atoms with Crippen LogP contribution in [0.1, 0.15) is 29.8 Å². The van der Waals surface area contributed by atoms with Gasteiger partial charge in [-0.15, -0.1) is 0 Å². The third-order valence-corrected chi connectivity index (χ3v) is 2.65. The maximum Gasteiger partial charge on any atom is 0.256 e. The molecule has 0 aliphatic carbocycles. The first kappa shape index (κ1) is 14.6. The van der Waals surface area contributed by atoms with Gasteiger partial charge in [0, 0.05) is 13.1 Å². The van der Waals surface area contributed by atoms with Gasteiger partial charge in [0.25, 0.3) is 5.91 Å². The van der Waals surface area contributed by atoms with Gasteiger partial charge in [-0.2, -0.15) is 0 Å². The van der Waals surface area contributed by atoms with Crippen LogP contribution in [0.3, 0.4) is 0 Å². The summed E-state index contributed by atoms with van der Waals surface area (Å²) in [7, 11) is 0. The van der Waals surface area contributed by atoms with Crippen molar-refractivity contribution >= 4 is 5.91 Å². The summed E-state index contributed by atoms with van der Waals surface area (Å²) < 4.78 is 18.7. The maximum absolute atomic E-state index is 13.6. The normalized spacial score (nSPS) is 14.8. The second-order valence-electron chi connectivity index (χ2n) is 3.89. The number of hydrogen-bond donors (Lipinski definition) is 0. The molecule has 0 N–H and O–H groups in total. The Morgan fingerprint density at radius 2 is 1.89 bits per heavy atom. The highest BCUT2D eigenvalue weighted by Gasteiger charge is 2.20. The fraction of sp³-hybridized carbons (Fsp3) is 0.500. The number of carbonyl (C=O) groups excluding carboxylic acids is 1. The molecule has 1 amide bonds. The van der Waals surface area contributed by atoms with Crippen LogP contribution in [0.15, 0.2) is 18.2 Å². The third kappa shape index (κ3) is 3.53. The summed E-state index contributed by atoms with van der Waals surface area (Å²) in [6.45, 7) is 7.92. The van der Waals surface area contributed by atoms with Crippen molar-refractivity contribution in [2.24, 2.45) is 0 Å². The van der Waals surface area contributed by atoms with E-state index in [1.54, 1.807) is 24.0 Å². The summed E-state index contributed by atoms with van der Waals surface area (Å²) >= 11 is 0. The van der Waals surface area contributed by atoms with Gasteiger partial charge in [0.1, 0.15) is 5.82 Å². The fourth-order valence-corrected chi connectivity index (χ4v) is 1.73. The van der Waals surface area contributed by atoms with Crippen LogP contribution in [0.2, 0.25) is 0 Å². The van der Waals surface area contributed by atoms with Crippen LogP contribution in [-0.2, 0) is 4.74 Å². The molecular weight excluding hydrogens is 233 g/mol. The molecule has 1 aliphatic rings. The quantitative estimate of drug-likeness (QED) is 0.770. The van der Waals surface area contributed by atoms with E-state index >= 15 is 0 Å². The van der Waals surface area contributed by atoms with Gasteiger partial charge in [0.15, 0.2) is 0 Å². The summed E-state index contributed by atoms with van der Waals surface area (Å²) in [4.78, 5) is 13.6. The topological polar surface area (TPSA) is 29.5 Å². The van der Waals surface area contributed by atoms with Crippen molar-refractivity contribution in [2.45, 2.75) is 20.8 Å². The molecule has 0 atom stereocenters. The highest BCUT2D eigenvalue weighted by atomic mass is 19.1. The Balaban J connectivity index is 0.000000771. The van der Waals surface area contributed by atoms with E-state index in [-0.39, 0.29) is 11.5 Å². The molecule has 1 aromatic carbocycles. The minimum atomic E-state index is -0.448. The SMILES string of the molecule is CC.Cc1ccc(C(=O)N2CCOCC2)c(F)c1. The van der Waals surface area contributed by atoms with Gasteiger partial charge in [0.2, 0.25) is 0 Å². The molecule has 18 heavy (non-hydrogen) atoms. The van der Waals surface area contributed by atoms with Gasteiger partial charge in [-0.05, 0) is 24.6 Å². The Morgan fingerprint density at radius 1 is 1.28 bits per heavy atom. The Kier molecular flexibility index (Phi) is 5.78. The maximum atomic E-state index is 13.6. The Bertz CT molecular complexity index is 401. The van der Waals surface area contributed by atoms with Gasteiger partial charge in [-0.3, -0.25) is 4.79 Å². The lowest BCUT2D eigenvalue weighted by Crippen LogP contribution is -2.41. The largest absolute Gasteiger partial charge is 0.378 e. The van der Waals surface area contributed by atoms with Crippen LogP contribution in [0, 0.1) is 12.7 Å². The van der Waals surface area contributed by atoms with Crippen molar-refractivity contribution in [2.75, 3.05) is 26.3 Å². The summed E-state index contributed by atoms with van der Waals surface area (Å²) in [5, 5.41) is 0. The zero-order chi connectivity index (χ0) is 13.5. The summed E-state index contributed by atoms with van der Waals surface area (Å²) in [5.74, 6) is -0.697. The van der Waals surface area contributed by atoms with Crippen LogP contribution < -0.4 is 0 Å². The van der Waals surface area contributed by atoms with E-state index < -0.39 is 5.82 Å². The minimum absolute atomic E-state index is 0.146. The molecule has 2 rings (SSSR count). The first-order valence-electron chi connectivity index (χ1n) is 6.31. The summed E-state index contributed by atoms with van der Waals surface area (Å²) in [6, 6.07) is 4.67. The van der Waals surface area contributed by atoms with Crippen molar-refractivity contribution in [1.29, 1.82) is 0 Å². The van der Waals surface area contributed by atoms with Crippen LogP contribution in [-0.4, -0.2) is 37.1 Å². The number of amides is 1. The molecule has 0 bridgehead atoms. The van der Waals surface area contributed by atoms with E-state index in [1.165, 1.54) is 6.07 Å². The van der Waals surface area contributed by atoms with E-state index in [2.05, 4.69) is 0 Å². The molecule has 1 aliphatic heterocycles. The number of carbonyl (C=O) groups is 1. The zero-order valence-electron chi connectivity index (χ0n) is 11.2. The second-order valence-corrected chi connectivity index (χ2v) is 3.89. The molecule has 0 spiro atoms. The number of rotatable bonds is 1. The summed E-state index contributed by atoms with van der Waals surface area (Å²) in [5.41, 5.74) is 0.962. The van der Waals surface area contributed by atoms with E-state index in [4.69, 9.17) is 4.74 Å². The molecule has 0 aromatic heterocycles. The third-order valence-electron chi connectivity index (χ3n) is 2.65. The molecule has 100 valence electrons. The molecule has 4 heteroatoms. The first-order valence-corrected chi connectivity index (χ1v) is 6.31. The number of ether oxygens (including phenoxy) is 1. The van der Waals surface area contributed by atoms with E-state index in [9.17, 15) is 9.18 Å². The highest BCUT2D eigenvalue weighted by molar-refractivity contribution is 5.94. The van der Waals surface area contributed by atoms with Gasteiger partial charge in [-0.1, -0.05) is 19.9 Å². The van der Waals surface area contributed by atoms with Gasteiger partial charge < -0.3 is 9.64 Å². The standard InChI is InChI=1S/C12H14FNO2.C2H6/c1-9-2-3-10(11(13)8-9)12(15)14-4-6-16-7-5-14;1-2/h2-3,8H,4-7H2,1H3;1-2H3. The van der Waals surface area contributed by atoms with E-state index in [0.717, 1.165) is 5.56 Å². The van der Waals surface area contributed by atoms with Crippen molar-refractivity contribution in [3.63, 3.8) is 0 Å². The fourth-order valence-electron chi connectivity index (χ4n) is 1.73. The van der Waals surface area contributed by atoms with Crippen LogP contribution >= 0.6 is 0 Å². The van der Waals surface area contributed by atoms with Crippen LogP contribution in [0.5, 0.6) is 0 Å². The molecule has 1 heterocycles. The number of morpholine rings is 1. The predicted octanol–water partition coefficient (Wildman–Crippen LogP) is 2.63. The van der Waals surface area contributed by atoms with Gasteiger partial charge >= 0.3 is 0 Å². The number of benzene rings is 1. The average molecular weight is 253 g/mol. The molecular formula is C14H20FNO2. The minimum Gasteiger partial charge on any atom is -0.378 e. The number of halogens is 1. The molecule has 0 unspecified atom stereocenters. The van der Waals surface area contributed by atoms with Crippen molar-refractivity contribution in [3.05, 3.63) is 35.1 Å². The first-order chi connectivity index (χ1) is 8.68. The van der Waals surface area contributed by atoms with Gasteiger partial charge in [-0.25, -0.2) is 4.39 Å². The van der Waals surface area contributed by atoms with Crippen molar-refractivity contribution in [1.82, 2.24) is 4.90 Å². The van der Waals surface area contributed by atoms with Gasteiger partial charge in [0.05, 0.1) is 18.8 Å². The lowest BCUT2D eigenvalue weighted by molar-refractivity contribution is 0.0300. The molecule has 3 nitrogen and oxygen atoms in total. The number of aryl methyl sites for hydroxylation is 1. The Morgan fingerprint density at radius 3 is 2.44 bits per heavy atom. The van der Waals surface area contributed by atoms with E-state index in [1.807, 2.05) is 13.8 Å². The molecule has 1 saturated heterocycles. The summed E-state index contributed by atoms with van der Waals surface area (Å²) in [6.07, 6.45) is 0. The Labute approximate surface area is 108 Å². The van der Waals surface area contributed by atoms with Crippen LogP contribution in [0.25, 0.3) is 0 Å². The smallest absolute Gasteiger partial charge is 0.256 e. The Hall–Kier alpha value is -1.42. The monoisotopic (exact) mass is 253 g/mol.